The van der Waals surface area contributed by atoms with Gasteiger partial charge in [0.15, 0.2) is 5.75 Å². The molecule has 0 spiro atoms. The van der Waals surface area contributed by atoms with Gasteiger partial charge in [-0.05, 0) is 38.0 Å². The summed E-state index contributed by atoms with van der Waals surface area (Å²) in [6, 6.07) is 10.6. The number of anilines is 1. The first-order valence-electron chi connectivity index (χ1n) is 6.44. The van der Waals surface area contributed by atoms with Crippen LogP contribution in [0.2, 0.25) is 0 Å². The number of nitrogens with one attached hydrogen (secondary N) is 1. The van der Waals surface area contributed by atoms with Gasteiger partial charge in [-0.1, -0.05) is 24.3 Å². The van der Waals surface area contributed by atoms with Crippen LogP contribution in [0.1, 0.15) is 29.8 Å². The van der Waals surface area contributed by atoms with E-state index < -0.39 is 0 Å². The average molecular weight is 256 g/mol. The largest absolute Gasteiger partial charge is 0.493 e. The molecule has 1 atom stereocenters. The van der Waals surface area contributed by atoms with Gasteiger partial charge in [-0.15, -0.1) is 0 Å². The first kappa shape index (κ1) is 13.4. The minimum Gasteiger partial charge on any atom is -0.493 e. The number of hydrogen-bond donors (Lipinski definition) is 1. The highest BCUT2D eigenvalue weighted by atomic mass is 16.5. The summed E-state index contributed by atoms with van der Waals surface area (Å²) in [5.41, 5.74) is 4.53. The average Bonchev–Trinajstić information content (AvgIpc) is 2.39. The third-order valence-electron chi connectivity index (χ3n) is 3.25. The molecule has 0 fully saturated rings. The van der Waals surface area contributed by atoms with Gasteiger partial charge in [0, 0.05) is 11.7 Å². The standard InChI is InChI=1S/C16H20N2O/c1-11-7-5-6-8-14(11)13(3)18-15-9-12(2)17-10-16(15)19-4/h5-10,13H,1-4H3,(H,17,18). The minimum absolute atomic E-state index is 0.219. The summed E-state index contributed by atoms with van der Waals surface area (Å²) in [6.07, 6.45) is 1.75. The molecule has 1 heterocycles. The van der Waals surface area contributed by atoms with E-state index in [0.29, 0.717) is 0 Å². The van der Waals surface area contributed by atoms with Gasteiger partial charge in [0.05, 0.1) is 19.0 Å². The van der Waals surface area contributed by atoms with E-state index in [1.54, 1.807) is 13.3 Å². The molecule has 0 aliphatic heterocycles. The second kappa shape index (κ2) is 5.74. The quantitative estimate of drug-likeness (QED) is 0.901. The zero-order valence-electron chi connectivity index (χ0n) is 11.9. The van der Waals surface area contributed by atoms with E-state index in [1.807, 2.05) is 13.0 Å². The fourth-order valence-electron chi connectivity index (χ4n) is 2.21. The van der Waals surface area contributed by atoms with Crippen molar-refractivity contribution in [1.29, 1.82) is 0 Å². The van der Waals surface area contributed by atoms with Crippen LogP contribution in [0.5, 0.6) is 5.75 Å². The predicted molar refractivity (Wildman–Crippen MR) is 78.7 cm³/mol. The molecule has 0 bridgehead atoms. The van der Waals surface area contributed by atoms with E-state index >= 15 is 0 Å². The van der Waals surface area contributed by atoms with Crippen LogP contribution in [0, 0.1) is 13.8 Å². The number of hydrogen-bond acceptors (Lipinski definition) is 3. The van der Waals surface area contributed by atoms with Crippen LogP contribution in [-0.2, 0) is 0 Å². The Labute approximate surface area is 114 Å². The van der Waals surface area contributed by atoms with Crippen LogP contribution >= 0.6 is 0 Å². The molecule has 100 valence electrons. The molecule has 1 aromatic heterocycles. The van der Waals surface area contributed by atoms with Crippen molar-refractivity contribution in [3.8, 4) is 5.75 Å². The number of ether oxygens (including phenoxy) is 1. The Kier molecular flexibility index (Phi) is 4.05. The fourth-order valence-corrected chi connectivity index (χ4v) is 2.21. The van der Waals surface area contributed by atoms with Crippen molar-refractivity contribution in [3.05, 3.63) is 53.3 Å². The number of benzene rings is 1. The van der Waals surface area contributed by atoms with Gasteiger partial charge in [-0.3, -0.25) is 4.98 Å². The Morgan fingerprint density at radius 2 is 1.95 bits per heavy atom. The molecular weight excluding hydrogens is 236 g/mol. The van der Waals surface area contributed by atoms with E-state index in [4.69, 9.17) is 4.74 Å². The summed E-state index contributed by atoms with van der Waals surface area (Å²) in [5.74, 6) is 0.769. The Balaban J connectivity index is 2.26. The molecule has 0 radical (unpaired) electrons. The first-order valence-corrected chi connectivity index (χ1v) is 6.44. The maximum Gasteiger partial charge on any atom is 0.160 e. The number of aryl methyl sites for hydroxylation is 2. The van der Waals surface area contributed by atoms with E-state index in [-0.39, 0.29) is 6.04 Å². The van der Waals surface area contributed by atoms with Crippen LogP contribution in [0.15, 0.2) is 36.5 Å². The van der Waals surface area contributed by atoms with Crippen LogP contribution in [0.3, 0.4) is 0 Å². The number of pyridine rings is 1. The molecule has 2 aromatic rings. The normalized spacial score (nSPS) is 12.0. The molecule has 3 heteroatoms. The van der Waals surface area contributed by atoms with Crippen LogP contribution in [-0.4, -0.2) is 12.1 Å². The second-order valence-corrected chi connectivity index (χ2v) is 4.75. The molecule has 3 nitrogen and oxygen atoms in total. The van der Waals surface area contributed by atoms with Crippen molar-refractivity contribution in [2.45, 2.75) is 26.8 Å². The maximum absolute atomic E-state index is 5.34. The van der Waals surface area contributed by atoms with Gasteiger partial charge in [0.2, 0.25) is 0 Å². The molecule has 2 rings (SSSR count). The van der Waals surface area contributed by atoms with Gasteiger partial charge in [0.1, 0.15) is 0 Å². The van der Waals surface area contributed by atoms with Crippen molar-refractivity contribution in [2.75, 3.05) is 12.4 Å². The SMILES string of the molecule is COc1cnc(C)cc1NC(C)c1ccccc1C. The molecule has 1 unspecified atom stereocenters. The monoisotopic (exact) mass is 256 g/mol. The lowest BCUT2D eigenvalue weighted by atomic mass is 10.0. The van der Waals surface area contributed by atoms with Gasteiger partial charge in [0.25, 0.3) is 0 Å². The molecule has 1 N–H and O–H groups in total. The Morgan fingerprint density at radius 1 is 1.21 bits per heavy atom. The fraction of sp³-hybridized carbons (Fsp3) is 0.312. The second-order valence-electron chi connectivity index (χ2n) is 4.75. The lowest BCUT2D eigenvalue weighted by molar-refractivity contribution is 0.414. The summed E-state index contributed by atoms with van der Waals surface area (Å²) in [4.78, 5) is 4.24. The molecule has 0 saturated heterocycles. The van der Waals surface area contributed by atoms with Crippen molar-refractivity contribution in [1.82, 2.24) is 4.98 Å². The first-order chi connectivity index (χ1) is 9.11. The smallest absolute Gasteiger partial charge is 0.160 e. The number of nitrogens with zero attached hydrogens (tertiary/aromatic N) is 1. The van der Waals surface area contributed by atoms with Crippen molar-refractivity contribution < 1.29 is 4.74 Å². The summed E-state index contributed by atoms with van der Waals surface area (Å²) in [6.45, 7) is 6.25. The number of rotatable bonds is 4. The molecule has 0 aliphatic rings. The number of methoxy groups -OCH3 is 1. The molecule has 0 saturated carbocycles. The highest BCUT2D eigenvalue weighted by Crippen LogP contribution is 2.28. The van der Waals surface area contributed by atoms with E-state index in [0.717, 1.165) is 17.1 Å². The van der Waals surface area contributed by atoms with Gasteiger partial charge < -0.3 is 10.1 Å². The predicted octanol–water partition coefficient (Wildman–Crippen LogP) is 3.88. The molecule has 1 aromatic carbocycles. The van der Waals surface area contributed by atoms with Gasteiger partial charge >= 0.3 is 0 Å². The zero-order chi connectivity index (χ0) is 13.8. The minimum atomic E-state index is 0.219. The highest BCUT2D eigenvalue weighted by molar-refractivity contribution is 5.57. The lowest BCUT2D eigenvalue weighted by Crippen LogP contribution is -2.09. The van der Waals surface area contributed by atoms with E-state index in [2.05, 4.69) is 48.4 Å². The summed E-state index contributed by atoms with van der Waals surface area (Å²) >= 11 is 0. The third kappa shape index (κ3) is 3.05. The van der Waals surface area contributed by atoms with Gasteiger partial charge in [-0.2, -0.15) is 0 Å². The molecular formula is C16H20N2O. The summed E-state index contributed by atoms with van der Waals surface area (Å²) in [7, 11) is 1.66. The summed E-state index contributed by atoms with van der Waals surface area (Å²) in [5, 5.41) is 3.49. The maximum atomic E-state index is 5.34. The molecule has 19 heavy (non-hydrogen) atoms. The van der Waals surface area contributed by atoms with Crippen molar-refractivity contribution in [3.63, 3.8) is 0 Å². The Morgan fingerprint density at radius 3 is 2.63 bits per heavy atom. The van der Waals surface area contributed by atoms with Crippen LogP contribution < -0.4 is 10.1 Å². The van der Waals surface area contributed by atoms with E-state index in [9.17, 15) is 0 Å². The Hall–Kier alpha value is -2.03. The van der Waals surface area contributed by atoms with Crippen molar-refractivity contribution in [2.24, 2.45) is 0 Å². The molecule has 0 aliphatic carbocycles. The lowest BCUT2D eigenvalue weighted by Gasteiger charge is -2.19. The van der Waals surface area contributed by atoms with E-state index in [1.165, 1.54) is 11.1 Å². The zero-order valence-corrected chi connectivity index (χ0v) is 11.9. The van der Waals surface area contributed by atoms with Crippen LogP contribution in [0.4, 0.5) is 5.69 Å². The van der Waals surface area contributed by atoms with Gasteiger partial charge in [-0.25, -0.2) is 0 Å². The highest BCUT2D eigenvalue weighted by Gasteiger charge is 2.11. The van der Waals surface area contributed by atoms with Crippen molar-refractivity contribution >= 4 is 5.69 Å². The number of aromatic nitrogens is 1. The third-order valence-corrected chi connectivity index (χ3v) is 3.25. The Bertz CT molecular complexity index is 566. The topological polar surface area (TPSA) is 34.1 Å². The molecule has 0 amide bonds. The van der Waals surface area contributed by atoms with Crippen LogP contribution in [0.25, 0.3) is 0 Å². The summed E-state index contributed by atoms with van der Waals surface area (Å²) < 4.78 is 5.34.